The fourth-order valence-corrected chi connectivity index (χ4v) is 2.08. The number of hydrazone groups is 1. The molecule has 1 heterocycles. The highest BCUT2D eigenvalue weighted by Crippen LogP contribution is 2.13. The van der Waals surface area contributed by atoms with Crippen LogP contribution in [-0.4, -0.2) is 22.0 Å². The molecular weight excluding hydrogens is 266 g/mol. The summed E-state index contributed by atoms with van der Waals surface area (Å²) in [7, 11) is 0. The lowest BCUT2D eigenvalue weighted by atomic mass is 10.1. The summed E-state index contributed by atoms with van der Waals surface area (Å²) >= 11 is 0. The first-order valence-electron chi connectivity index (χ1n) is 6.65. The average Bonchev–Trinajstić information content (AvgIpc) is 2.68. The molecule has 0 saturated heterocycles. The Morgan fingerprint density at radius 1 is 1.33 bits per heavy atom. The molecule has 3 N–H and O–H groups in total. The molecule has 0 radical (unpaired) electrons. The minimum Gasteiger partial charge on any atom is -0.350 e. The van der Waals surface area contributed by atoms with Crippen molar-refractivity contribution in [2.45, 2.75) is 27.3 Å². The van der Waals surface area contributed by atoms with Crippen LogP contribution < -0.4 is 11.2 Å². The third kappa shape index (κ3) is 3.68. The second-order valence-electron chi connectivity index (χ2n) is 4.96. The summed E-state index contributed by atoms with van der Waals surface area (Å²) < 4.78 is 1.92. The van der Waals surface area contributed by atoms with Gasteiger partial charge < -0.3 is 5.73 Å². The van der Waals surface area contributed by atoms with Gasteiger partial charge in [0.15, 0.2) is 0 Å². The van der Waals surface area contributed by atoms with Crippen LogP contribution in [-0.2, 0) is 6.54 Å². The number of aromatic nitrogens is 2. The highest BCUT2D eigenvalue weighted by atomic mass is 16.2. The Bertz CT molecular complexity index is 670. The summed E-state index contributed by atoms with van der Waals surface area (Å²) in [6.45, 7) is 6.64. The Hall–Kier alpha value is -2.63. The average molecular weight is 285 g/mol. The van der Waals surface area contributed by atoms with Gasteiger partial charge in [-0.1, -0.05) is 29.8 Å². The molecule has 110 valence electrons. The number of hydrogen-bond acceptors (Lipinski definition) is 3. The number of hydrogen-bond donors (Lipinski definition) is 2. The molecule has 6 heteroatoms. The lowest BCUT2D eigenvalue weighted by Gasteiger charge is -2.05. The molecule has 2 rings (SSSR count). The first-order chi connectivity index (χ1) is 9.97. The number of urea groups is 1. The van der Waals surface area contributed by atoms with Crippen molar-refractivity contribution in [2.75, 3.05) is 0 Å². The smallest absolute Gasteiger partial charge is 0.332 e. The molecule has 2 amide bonds. The highest BCUT2D eigenvalue weighted by molar-refractivity contribution is 5.83. The van der Waals surface area contributed by atoms with Gasteiger partial charge in [0.05, 0.1) is 18.5 Å². The maximum atomic E-state index is 10.6. The zero-order valence-corrected chi connectivity index (χ0v) is 12.4. The maximum absolute atomic E-state index is 10.6. The van der Waals surface area contributed by atoms with E-state index >= 15 is 0 Å². The van der Waals surface area contributed by atoms with E-state index in [9.17, 15) is 4.79 Å². The summed E-state index contributed by atoms with van der Waals surface area (Å²) in [5.74, 6) is 0. The summed E-state index contributed by atoms with van der Waals surface area (Å²) in [4.78, 5) is 10.6. The Morgan fingerprint density at radius 2 is 2.00 bits per heavy atom. The molecule has 6 nitrogen and oxygen atoms in total. The number of nitrogens with two attached hydrogens (primary N) is 1. The van der Waals surface area contributed by atoms with Gasteiger partial charge in [-0.15, -0.1) is 0 Å². The number of nitrogens with one attached hydrogen (secondary N) is 1. The minimum absolute atomic E-state index is 0.686. The fourth-order valence-electron chi connectivity index (χ4n) is 2.08. The Balaban J connectivity index is 2.20. The lowest BCUT2D eigenvalue weighted by molar-refractivity contribution is 0.249. The monoisotopic (exact) mass is 285 g/mol. The second kappa shape index (κ2) is 6.21. The third-order valence-electron chi connectivity index (χ3n) is 3.26. The summed E-state index contributed by atoms with van der Waals surface area (Å²) in [6, 6.07) is 7.66. The fraction of sp³-hybridized carbons (Fsp3) is 0.267. The number of nitrogens with zero attached hydrogens (tertiary/aromatic N) is 3. The van der Waals surface area contributed by atoms with E-state index in [4.69, 9.17) is 5.73 Å². The van der Waals surface area contributed by atoms with Crippen LogP contribution in [0.5, 0.6) is 0 Å². The van der Waals surface area contributed by atoms with E-state index in [1.54, 1.807) is 6.21 Å². The summed E-state index contributed by atoms with van der Waals surface area (Å²) in [5, 5.41) is 8.30. The van der Waals surface area contributed by atoms with Crippen molar-refractivity contribution in [1.82, 2.24) is 15.2 Å². The van der Waals surface area contributed by atoms with Crippen molar-refractivity contribution in [3.8, 4) is 0 Å². The second-order valence-corrected chi connectivity index (χ2v) is 4.96. The molecule has 0 unspecified atom stereocenters. The van der Waals surface area contributed by atoms with Crippen molar-refractivity contribution in [2.24, 2.45) is 10.8 Å². The largest absolute Gasteiger partial charge is 0.350 e. The van der Waals surface area contributed by atoms with Crippen molar-refractivity contribution < 1.29 is 4.79 Å². The van der Waals surface area contributed by atoms with Crippen molar-refractivity contribution in [3.63, 3.8) is 0 Å². The molecule has 21 heavy (non-hydrogen) atoms. The number of carbonyl (C=O) groups is 1. The SMILES string of the molecule is Cc1ccc(Cn2nc(C)c(/C=N/NC(N)=O)c2C)cc1. The lowest BCUT2D eigenvalue weighted by Crippen LogP contribution is -2.24. The van der Waals surface area contributed by atoms with Crippen LogP contribution >= 0.6 is 0 Å². The molecule has 0 aliphatic carbocycles. The molecule has 0 saturated carbocycles. The van der Waals surface area contributed by atoms with Crippen LogP contribution in [0.4, 0.5) is 4.79 Å². The van der Waals surface area contributed by atoms with Gasteiger partial charge in [-0.05, 0) is 26.3 Å². The van der Waals surface area contributed by atoms with Crippen molar-refractivity contribution in [3.05, 3.63) is 52.3 Å². The molecule has 0 spiro atoms. The maximum Gasteiger partial charge on any atom is 0.332 e. The number of primary amides is 1. The number of aryl methyl sites for hydroxylation is 2. The van der Waals surface area contributed by atoms with E-state index in [-0.39, 0.29) is 0 Å². The van der Waals surface area contributed by atoms with E-state index in [2.05, 4.69) is 46.8 Å². The van der Waals surface area contributed by atoms with E-state index < -0.39 is 6.03 Å². The van der Waals surface area contributed by atoms with E-state index in [0.29, 0.717) is 6.54 Å². The van der Waals surface area contributed by atoms with Crippen LogP contribution in [0, 0.1) is 20.8 Å². The van der Waals surface area contributed by atoms with Crippen molar-refractivity contribution in [1.29, 1.82) is 0 Å². The summed E-state index contributed by atoms with van der Waals surface area (Å²) in [5.41, 5.74) is 12.3. The van der Waals surface area contributed by atoms with E-state index in [1.807, 2.05) is 18.5 Å². The molecular formula is C15H19N5O. The van der Waals surface area contributed by atoms with Crippen LogP contribution in [0.1, 0.15) is 28.1 Å². The van der Waals surface area contributed by atoms with Crippen LogP contribution in [0.2, 0.25) is 0 Å². The van der Waals surface area contributed by atoms with E-state index in [0.717, 1.165) is 17.0 Å². The molecule has 0 atom stereocenters. The zero-order chi connectivity index (χ0) is 15.4. The van der Waals surface area contributed by atoms with Gasteiger partial charge >= 0.3 is 6.03 Å². The Kier molecular flexibility index (Phi) is 4.37. The molecule has 1 aromatic heterocycles. The molecule has 0 fully saturated rings. The van der Waals surface area contributed by atoms with Gasteiger partial charge in [-0.25, -0.2) is 10.2 Å². The van der Waals surface area contributed by atoms with Gasteiger partial charge in [0.25, 0.3) is 0 Å². The zero-order valence-electron chi connectivity index (χ0n) is 12.4. The first kappa shape index (κ1) is 14.8. The molecule has 1 aromatic carbocycles. The molecule has 0 bridgehead atoms. The van der Waals surface area contributed by atoms with E-state index in [1.165, 1.54) is 11.1 Å². The highest BCUT2D eigenvalue weighted by Gasteiger charge is 2.10. The van der Waals surface area contributed by atoms with Gasteiger partial charge in [0, 0.05) is 11.3 Å². The van der Waals surface area contributed by atoms with Gasteiger partial charge in [-0.2, -0.15) is 10.2 Å². The predicted molar refractivity (Wildman–Crippen MR) is 82.3 cm³/mol. The first-order valence-corrected chi connectivity index (χ1v) is 6.65. The number of rotatable bonds is 4. The summed E-state index contributed by atoms with van der Waals surface area (Å²) in [6.07, 6.45) is 1.56. The van der Waals surface area contributed by atoms with Gasteiger partial charge in [0.1, 0.15) is 0 Å². The normalized spacial score (nSPS) is 11.0. The van der Waals surface area contributed by atoms with Crippen LogP contribution in [0.15, 0.2) is 29.4 Å². The molecule has 0 aliphatic heterocycles. The topological polar surface area (TPSA) is 85.3 Å². The number of amides is 2. The predicted octanol–water partition coefficient (Wildman–Crippen LogP) is 1.86. The minimum atomic E-state index is -0.686. The van der Waals surface area contributed by atoms with Gasteiger partial charge in [0.2, 0.25) is 0 Å². The number of benzene rings is 1. The molecule has 0 aliphatic rings. The van der Waals surface area contributed by atoms with Crippen LogP contribution in [0.25, 0.3) is 0 Å². The van der Waals surface area contributed by atoms with Crippen LogP contribution in [0.3, 0.4) is 0 Å². The van der Waals surface area contributed by atoms with Crippen molar-refractivity contribution >= 4 is 12.2 Å². The number of carbonyl (C=O) groups excluding carboxylic acids is 1. The standard InChI is InChI=1S/C15H19N5O/c1-10-4-6-13(7-5-10)9-20-12(3)14(11(2)19-20)8-17-18-15(16)21/h4-8H,9H2,1-3H3,(H3,16,18,21)/b17-8+. The van der Waals surface area contributed by atoms with Gasteiger partial charge in [-0.3, -0.25) is 4.68 Å². The Morgan fingerprint density at radius 3 is 2.62 bits per heavy atom. The molecule has 2 aromatic rings. The third-order valence-corrected chi connectivity index (χ3v) is 3.26. The Labute approximate surface area is 123 Å². The quantitative estimate of drug-likeness (QED) is 0.663.